The average molecular weight is 235 g/mol. The maximum absolute atomic E-state index is 13.9. The fourth-order valence-electron chi connectivity index (χ4n) is 2.58. The van der Waals surface area contributed by atoms with E-state index in [1.54, 1.807) is 12.1 Å². The zero-order chi connectivity index (χ0) is 12.2. The Kier molecular flexibility index (Phi) is 1.91. The summed E-state index contributed by atoms with van der Waals surface area (Å²) in [5.74, 6) is -0.114. The highest BCUT2D eigenvalue weighted by atomic mass is 19.1. The lowest BCUT2D eigenvalue weighted by Gasteiger charge is -2.30. The van der Waals surface area contributed by atoms with E-state index >= 15 is 0 Å². The molecule has 4 N–H and O–H groups in total. The van der Waals surface area contributed by atoms with Gasteiger partial charge in [0, 0.05) is 17.2 Å². The summed E-state index contributed by atoms with van der Waals surface area (Å²) < 4.78 is 19.2. The topological polar surface area (TPSA) is 73.6 Å². The van der Waals surface area contributed by atoms with Crippen LogP contribution in [0.1, 0.15) is 18.9 Å². The zero-order valence-corrected chi connectivity index (χ0v) is 9.48. The summed E-state index contributed by atoms with van der Waals surface area (Å²) in [5, 5.41) is 0. The van der Waals surface area contributed by atoms with Crippen molar-refractivity contribution in [2.24, 2.45) is 16.6 Å². The van der Waals surface area contributed by atoms with Crippen LogP contribution in [0.2, 0.25) is 0 Å². The van der Waals surface area contributed by atoms with E-state index in [1.165, 1.54) is 6.07 Å². The highest BCUT2D eigenvalue weighted by molar-refractivity contribution is 5.74. The molecule has 0 radical (unpaired) electrons. The maximum Gasteiger partial charge on any atom is 0.283 e. The molecule has 1 aliphatic carbocycles. The number of fused-ring (bicyclic) bond motifs is 1. The van der Waals surface area contributed by atoms with Gasteiger partial charge in [-0.25, -0.2) is 9.38 Å². The molecule has 1 heterocycles. The van der Waals surface area contributed by atoms with Crippen LogP contribution in [0.4, 0.5) is 10.1 Å². The Morgan fingerprint density at radius 1 is 1.47 bits per heavy atom. The number of amidine groups is 1. The third-order valence-electron chi connectivity index (χ3n) is 3.60. The fourth-order valence-corrected chi connectivity index (χ4v) is 2.58. The SMILES string of the molecule is C[C@]1(c2cc(N)ccc2F)N=C(N)O[C@@H]2C[C@@H]21. The van der Waals surface area contributed by atoms with Gasteiger partial charge >= 0.3 is 0 Å². The highest BCUT2D eigenvalue weighted by Gasteiger charge is 2.57. The van der Waals surface area contributed by atoms with Gasteiger partial charge in [0.2, 0.25) is 0 Å². The largest absolute Gasteiger partial charge is 0.462 e. The molecule has 90 valence electrons. The van der Waals surface area contributed by atoms with Crippen LogP contribution in [-0.4, -0.2) is 12.1 Å². The summed E-state index contributed by atoms with van der Waals surface area (Å²) in [6.07, 6.45) is 0.924. The van der Waals surface area contributed by atoms with Crippen molar-refractivity contribution in [1.82, 2.24) is 0 Å². The fraction of sp³-hybridized carbons (Fsp3) is 0.417. The van der Waals surface area contributed by atoms with Gasteiger partial charge in [0.1, 0.15) is 11.9 Å². The molecule has 1 fully saturated rings. The van der Waals surface area contributed by atoms with Crippen molar-refractivity contribution in [3.63, 3.8) is 0 Å². The molecular formula is C12H14FN3O. The van der Waals surface area contributed by atoms with Crippen molar-refractivity contribution in [3.05, 3.63) is 29.6 Å². The second-order valence-electron chi connectivity index (χ2n) is 4.84. The van der Waals surface area contributed by atoms with Crippen molar-refractivity contribution in [2.45, 2.75) is 25.0 Å². The normalized spacial score (nSPS) is 34.6. The van der Waals surface area contributed by atoms with Gasteiger partial charge in [-0.2, -0.15) is 0 Å². The van der Waals surface area contributed by atoms with Crippen LogP contribution in [0.5, 0.6) is 0 Å². The van der Waals surface area contributed by atoms with Gasteiger partial charge in [0.25, 0.3) is 6.02 Å². The first kappa shape index (κ1) is 10.4. The minimum absolute atomic E-state index is 0.0679. The number of hydrogen-bond donors (Lipinski definition) is 2. The number of anilines is 1. The number of rotatable bonds is 1. The summed E-state index contributed by atoms with van der Waals surface area (Å²) in [4.78, 5) is 4.29. The van der Waals surface area contributed by atoms with E-state index in [0.717, 1.165) is 6.42 Å². The van der Waals surface area contributed by atoms with Crippen LogP contribution in [0.3, 0.4) is 0 Å². The first-order chi connectivity index (χ1) is 8.00. The molecule has 3 atom stereocenters. The summed E-state index contributed by atoms with van der Waals surface area (Å²) >= 11 is 0. The third-order valence-corrected chi connectivity index (χ3v) is 3.60. The van der Waals surface area contributed by atoms with E-state index < -0.39 is 5.54 Å². The van der Waals surface area contributed by atoms with E-state index in [-0.39, 0.29) is 23.9 Å². The standard InChI is InChI=1S/C12H14FN3O/c1-12(7-4-6(14)2-3-9(7)13)8-5-10(8)17-11(15)16-12/h2-4,8,10H,5,14H2,1H3,(H2,15,16)/t8-,10+,12+/m0/s1. The molecule has 17 heavy (non-hydrogen) atoms. The van der Waals surface area contributed by atoms with Gasteiger partial charge in [-0.15, -0.1) is 0 Å². The van der Waals surface area contributed by atoms with Gasteiger partial charge < -0.3 is 16.2 Å². The molecule has 1 aromatic rings. The molecule has 0 saturated heterocycles. The molecule has 2 aliphatic rings. The molecule has 0 aromatic heterocycles. The lowest BCUT2D eigenvalue weighted by molar-refractivity contribution is 0.202. The molecule has 1 aromatic carbocycles. The van der Waals surface area contributed by atoms with E-state index in [9.17, 15) is 4.39 Å². The van der Waals surface area contributed by atoms with Crippen molar-refractivity contribution >= 4 is 11.7 Å². The predicted molar refractivity (Wildman–Crippen MR) is 62.8 cm³/mol. The second kappa shape index (κ2) is 3.12. The van der Waals surface area contributed by atoms with Crippen molar-refractivity contribution in [3.8, 4) is 0 Å². The molecular weight excluding hydrogens is 221 g/mol. The van der Waals surface area contributed by atoms with Crippen LogP contribution in [0.25, 0.3) is 0 Å². The van der Waals surface area contributed by atoms with E-state index in [0.29, 0.717) is 11.3 Å². The third kappa shape index (κ3) is 1.45. The number of halogens is 1. The van der Waals surface area contributed by atoms with Crippen LogP contribution in [0, 0.1) is 11.7 Å². The molecule has 4 nitrogen and oxygen atoms in total. The highest BCUT2D eigenvalue weighted by Crippen LogP contribution is 2.53. The molecule has 5 heteroatoms. The number of nitrogen functional groups attached to an aromatic ring is 1. The Bertz CT molecular complexity index is 516. The van der Waals surface area contributed by atoms with Gasteiger partial charge in [0.15, 0.2) is 0 Å². The Morgan fingerprint density at radius 3 is 3.00 bits per heavy atom. The summed E-state index contributed by atoms with van der Waals surface area (Å²) in [7, 11) is 0. The zero-order valence-electron chi connectivity index (χ0n) is 9.48. The Balaban J connectivity index is 2.13. The number of nitrogens with zero attached hydrogens (tertiary/aromatic N) is 1. The minimum Gasteiger partial charge on any atom is -0.462 e. The quantitative estimate of drug-likeness (QED) is 0.722. The molecule has 3 rings (SSSR count). The summed E-state index contributed by atoms with van der Waals surface area (Å²) in [5.41, 5.74) is 11.7. The number of benzene rings is 1. The van der Waals surface area contributed by atoms with Gasteiger partial charge in [0.05, 0.1) is 5.54 Å². The number of hydrogen-bond acceptors (Lipinski definition) is 4. The molecule has 1 aliphatic heterocycles. The Hall–Kier alpha value is -1.78. The molecule has 0 unspecified atom stereocenters. The smallest absolute Gasteiger partial charge is 0.283 e. The summed E-state index contributed by atoms with van der Waals surface area (Å²) in [6.45, 7) is 1.88. The van der Waals surface area contributed by atoms with E-state index in [1.807, 2.05) is 6.92 Å². The summed E-state index contributed by atoms with van der Waals surface area (Å²) in [6, 6.07) is 4.67. The molecule has 1 saturated carbocycles. The average Bonchev–Trinajstić information content (AvgIpc) is 3.01. The van der Waals surface area contributed by atoms with Crippen LogP contribution in [-0.2, 0) is 10.3 Å². The Labute approximate surface area is 98.5 Å². The van der Waals surface area contributed by atoms with Crippen LogP contribution < -0.4 is 11.5 Å². The number of aliphatic imine (C=N–C) groups is 1. The first-order valence-corrected chi connectivity index (χ1v) is 5.58. The maximum atomic E-state index is 13.9. The van der Waals surface area contributed by atoms with Crippen molar-refractivity contribution < 1.29 is 9.13 Å². The lowest BCUT2D eigenvalue weighted by atomic mass is 9.86. The van der Waals surface area contributed by atoms with E-state index in [2.05, 4.69) is 4.99 Å². The van der Waals surface area contributed by atoms with Crippen LogP contribution in [0.15, 0.2) is 23.2 Å². The number of nitrogens with two attached hydrogens (primary N) is 2. The van der Waals surface area contributed by atoms with Gasteiger partial charge in [-0.05, 0) is 31.5 Å². The van der Waals surface area contributed by atoms with Gasteiger partial charge in [-0.1, -0.05) is 0 Å². The number of ether oxygens (including phenoxy) is 1. The van der Waals surface area contributed by atoms with E-state index in [4.69, 9.17) is 16.2 Å². The van der Waals surface area contributed by atoms with Crippen LogP contribution >= 0.6 is 0 Å². The lowest BCUT2D eigenvalue weighted by Crippen LogP contribution is -2.35. The molecule has 0 bridgehead atoms. The van der Waals surface area contributed by atoms with Crippen molar-refractivity contribution in [1.29, 1.82) is 0 Å². The second-order valence-corrected chi connectivity index (χ2v) is 4.84. The van der Waals surface area contributed by atoms with Crippen molar-refractivity contribution in [2.75, 3.05) is 5.73 Å². The monoisotopic (exact) mass is 235 g/mol. The minimum atomic E-state index is -0.660. The molecule has 0 amide bonds. The molecule has 0 spiro atoms. The Morgan fingerprint density at radius 2 is 2.24 bits per heavy atom. The van der Waals surface area contributed by atoms with Gasteiger partial charge in [-0.3, -0.25) is 0 Å². The first-order valence-electron chi connectivity index (χ1n) is 5.58. The predicted octanol–water partition coefficient (Wildman–Crippen LogP) is 1.36.